The van der Waals surface area contributed by atoms with Gasteiger partial charge < -0.3 is 15.3 Å². The normalized spacial score (nSPS) is 26.4. The van der Waals surface area contributed by atoms with Gasteiger partial charge in [-0.05, 0) is 50.7 Å². The van der Waals surface area contributed by atoms with Crippen LogP contribution in [0.3, 0.4) is 0 Å². The molecule has 6 heteroatoms. The Bertz CT molecular complexity index is 697. The van der Waals surface area contributed by atoms with E-state index >= 15 is 0 Å². The monoisotopic (exact) mass is 343 g/mol. The van der Waals surface area contributed by atoms with Crippen molar-refractivity contribution in [2.24, 2.45) is 17.8 Å². The Morgan fingerprint density at radius 2 is 1.96 bits per heavy atom. The number of aromatic nitrogens is 1. The molecule has 4 rings (SSSR count). The van der Waals surface area contributed by atoms with Gasteiger partial charge in [-0.15, -0.1) is 0 Å². The van der Waals surface area contributed by atoms with E-state index in [0.717, 1.165) is 31.5 Å². The van der Waals surface area contributed by atoms with Crippen molar-refractivity contribution in [2.45, 2.75) is 45.1 Å². The maximum Gasteiger partial charge on any atom is 0.339 e. The van der Waals surface area contributed by atoms with Crippen LogP contribution in [-0.2, 0) is 4.79 Å². The maximum atomic E-state index is 12.4. The number of pyridine rings is 1. The second-order valence-electron chi connectivity index (χ2n) is 7.78. The van der Waals surface area contributed by atoms with Gasteiger partial charge in [0.05, 0.1) is 6.04 Å². The third-order valence-corrected chi connectivity index (χ3v) is 5.94. The standard InChI is InChI=1S/C19H25N3O3/c1-11-5-8-14(19(24)25)17(20-11)22-9-15(12-6-7-12)16(10-22)21-18(23)13-3-2-4-13/h5,8,12-13,15-16H,2-4,6-7,9-10H2,1H3,(H,21,23)(H,24,25)/t15-,16+/m1/s1. The molecule has 2 aliphatic carbocycles. The molecule has 134 valence electrons. The van der Waals surface area contributed by atoms with Gasteiger partial charge in [0.2, 0.25) is 5.91 Å². The number of nitrogens with one attached hydrogen (secondary N) is 1. The van der Waals surface area contributed by atoms with E-state index in [1.165, 1.54) is 12.8 Å². The van der Waals surface area contributed by atoms with E-state index < -0.39 is 5.97 Å². The highest BCUT2D eigenvalue weighted by molar-refractivity contribution is 5.93. The minimum Gasteiger partial charge on any atom is -0.478 e. The van der Waals surface area contributed by atoms with Crippen molar-refractivity contribution in [1.29, 1.82) is 0 Å². The third kappa shape index (κ3) is 3.22. The molecule has 1 aliphatic heterocycles. The Labute approximate surface area is 147 Å². The number of carboxylic acid groups (broad SMARTS) is 1. The number of carboxylic acids is 1. The molecule has 0 radical (unpaired) electrons. The fraction of sp³-hybridized carbons (Fsp3) is 0.632. The Hall–Kier alpha value is -2.11. The zero-order valence-corrected chi connectivity index (χ0v) is 14.6. The lowest BCUT2D eigenvalue weighted by molar-refractivity contribution is -0.128. The minimum atomic E-state index is -0.951. The lowest BCUT2D eigenvalue weighted by Crippen LogP contribution is -2.45. The number of aryl methyl sites for hydroxylation is 1. The zero-order valence-electron chi connectivity index (χ0n) is 14.6. The number of hydrogen-bond acceptors (Lipinski definition) is 4. The summed E-state index contributed by atoms with van der Waals surface area (Å²) < 4.78 is 0. The van der Waals surface area contributed by atoms with Gasteiger partial charge in [0.25, 0.3) is 0 Å². The highest BCUT2D eigenvalue weighted by atomic mass is 16.4. The molecule has 2 saturated carbocycles. The largest absolute Gasteiger partial charge is 0.478 e. The summed E-state index contributed by atoms with van der Waals surface area (Å²) in [5, 5.41) is 12.8. The summed E-state index contributed by atoms with van der Waals surface area (Å²) in [6, 6.07) is 3.47. The Balaban J connectivity index is 1.55. The first kappa shape index (κ1) is 16.4. The number of rotatable bonds is 5. The molecule has 0 unspecified atom stereocenters. The van der Waals surface area contributed by atoms with Crippen LogP contribution in [0.1, 0.15) is 48.2 Å². The second kappa shape index (κ2) is 6.32. The van der Waals surface area contributed by atoms with E-state index in [1.54, 1.807) is 12.1 Å². The van der Waals surface area contributed by atoms with Gasteiger partial charge in [0, 0.05) is 30.6 Å². The maximum absolute atomic E-state index is 12.4. The van der Waals surface area contributed by atoms with Crippen molar-refractivity contribution in [3.63, 3.8) is 0 Å². The summed E-state index contributed by atoms with van der Waals surface area (Å²) in [6.07, 6.45) is 5.57. The van der Waals surface area contributed by atoms with Gasteiger partial charge in [-0.3, -0.25) is 4.79 Å². The fourth-order valence-corrected chi connectivity index (χ4v) is 4.08. The van der Waals surface area contributed by atoms with E-state index in [0.29, 0.717) is 24.2 Å². The van der Waals surface area contributed by atoms with Crippen molar-refractivity contribution in [3.05, 3.63) is 23.4 Å². The molecular formula is C19H25N3O3. The van der Waals surface area contributed by atoms with E-state index in [-0.39, 0.29) is 23.4 Å². The molecule has 6 nitrogen and oxygen atoms in total. The van der Waals surface area contributed by atoms with Gasteiger partial charge >= 0.3 is 5.97 Å². The van der Waals surface area contributed by atoms with Gasteiger partial charge in [-0.2, -0.15) is 0 Å². The summed E-state index contributed by atoms with van der Waals surface area (Å²) in [5.41, 5.74) is 1.05. The summed E-state index contributed by atoms with van der Waals surface area (Å²) in [6.45, 7) is 3.30. The SMILES string of the molecule is Cc1ccc(C(=O)O)c(N2C[C@H](NC(=O)C3CCC3)[C@@H](C3CC3)C2)n1. The molecule has 1 saturated heterocycles. The van der Waals surface area contributed by atoms with Gasteiger partial charge in [0.15, 0.2) is 0 Å². The Morgan fingerprint density at radius 1 is 1.20 bits per heavy atom. The van der Waals surface area contributed by atoms with Crippen LogP contribution < -0.4 is 10.2 Å². The number of anilines is 1. The molecule has 1 amide bonds. The molecule has 2 atom stereocenters. The predicted molar refractivity (Wildman–Crippen MR) is 93.6 cm³/mol. The van der Waals surface area contributed by atoms with Crippen LogP contribution in [0.25, 0.3) is 0 Å². The van der Waals surface area contributed by atoms with Gasteiger partial charge in [-0.25, -0.2) is 9.78 Å². The second-order valence-corrected chi connectivity index (χ2v) is 7.78. The molecule has 1 aromatic rings. The lowest BCUT2D eigenvalue weighted by Gasteiger charge is -2.27. The van der Waals surface area contributed by atoms with Crippen LogP contribution in [-0.4, -0.2) is 41.1 Å². The van der Waals surface area contributed by atoms with Crippen LogP contribution in [0.5, 0.6) is 0 Å². The Morgan fingerprint density at radius 3 is 2.56 bits per heavy atom. The highest BCUT2D eigenvalue weighted by Gasteiger charge is 2.44. The van der Waals surface area contributed by atoms with E-state index in [4.69, 9.17) is 0 Å². The van der Waals surface area contributed by atoms with Crippen LogP contribution in [0, 0.1) is 24.7 Å². The van der Waals surface area contributed by atoms with Crippen LogP contribution in [0.15, 0.2) is 12.1 Å². The molecule has 3 fully saturated rings. The number of carbonyl (C=O) groups excluding carboxylic acids is 1. The van der Waals surface area contributed by atoms with Gasteiger partial charge in [-0.1, -0.05) is 6.42 Å². The molecule has 1 aromatic heterocycles. The minimum absolute atomic E-state index is 0.101. The number of nitrogens with zero attached hydrogens (tertiary/aromatic N) is 2. The first-order valence-electron chi connectivity index (χ1n) is 9.29. The van der Waals surface area contributed by atoms with E-state index in [1.807, 2.05) is 6.92 Å². The topological polar surface area (TPSA) is 82.5 Å². The molecule has 0 aromatic carbocycles. The van der Waals surface area contributed by atoms with E-state index in [9.17, 15) is 14.7 Å². The van der Waals surface area contributed by atoms with Crippen molar-refractivity contribution in [3.8, 4) is 0 Å². The summed E-state index contributed by atoms with van der Waals surface area (Å²) in [7, 11) is 0. The molecule has 0 bridgehead atoms. The Kier molecular flexibility index (Phi) is 4.13. The van der Waals surface area contributed by atoms with Crippen LogP contribution in [0.2, 0.25) is 0 Å². The highest BCUT2D eigenvalue weighted by Crippen LogP contribution is 2.43. The first-order chi connectivity index (χ1) is 12.0. The predicted octanol–water partition coefficient (Wildman–Crippen LogP) is 2.22. The summed E-state index contributed by atoms with van der Waals surface area (Å²) in [5.74, 6) is 0.994. The van der Waals surface area contributed by atoms with Crippen LogP contribution in [0.4, 0.5) is 5.82 Å². The molecule has 0 spiro atoms. The van der Waals surface area contributed by atoms with E-state index in [2.05, 4.69) is 15.2 Å². The number of hydrogen-bond donors (Lipinski definition) is 2. The lowest BCUT2D eigenvalue weighted by atomic mass is 9.84. The quantitative estimate of drug-likeness (QED) is 0.857. The van der Waals surface area contributed by atoms with Crippen molar-refractivity contribution < 1.29 is 14.7 Å². The first-order valence-corrected chi connectivity index (χ1v) is 9.29. The average molecular weight is 343 g/mol. The third-order valence-electron chi connectivity index (χ3n) is 5.94. The smallest absolute Gasteiger partial charge is 0.339 e. The number of carbonyl (C=O) groups is 2. The molecule has 2 N–H and O–H groups in total. The number of aromatic carboxylic acids is 1. The van der Waals surface area contributed by atoms with Crippen LogP contribution >= 0.6 is 0 Å². The summed E-state index contributed by atoms with van der Waals surface area (Å²) >= 11 is 0. The van der Waals surface area contributed by atoms with Crippen molar-refractivity contribution in [2.75, 3.05) is 18.0 Å². The van der Waals surface area contributed by atoms with Gasteiger partial charge in [0.1, 0.15) is 11.4 Å². The fourth-order valence-electron chi connectivity index (χ4n) is 4.08. The van der Waals surface area contributed by atoms with Crippen molar-refractivity contribution >= 4 is 17.7 Å². The molecule has 3 aliphatic rings. The molecular weight excluding hydrogens is 318 g/mol. The molecule has 25 heavy (non-hydrogen) atoms. The molecule has 2 heterocycles. The zero-order chi connectivity index (χ0) is 17.6. The summed E-state index contributed by atoms with van der Waals surface area (Å²) in [4.78, 5) is 30.5. The average Bonchev–Trinajstić information content (AvgIpc) is 3.26. The van der Waals surface area contributed by atoms with Crippen molar-refractivity contribution in [1.82, 2.24) is 10.3 Å². The number of amides is 1.